The summed E-state index contributed by atoms with van der Waals surface area (Å²) in [5.74, 6) is 4.43. The summed E-state index contributed by atoms with van der Waals surface area (Å²) in [6.45, 7) is 2.11. The van der Waals surface area contributed by atoms with Gasteiger partial charge < -0.3 is 26.1 Å². The van der Waals surface area contributed by atoms with Crippen LogP contribution < -0.4 is 26.9 Å². The number of hydrogen-bond acceptors (Lipinski definition) is 7. The van der Waals surface area contributed by atoms with E-state index in [-0.39, 0.29) is 30.1 Å². The number of alkyl halides is 3. The van der Waals surface area contributed by atoms with Crippen LogP contribution in [-0.4, -0.2) is 50.3 Å². The first-order chi connectivity index (χ1) is 17.5. The van der Waals surface area contributed by atoms with E-state index in [4.69, 9.17) is 16.3 Å². The van der Waals surface area contributed by atoms with Crippen molar-refractivity contribution in [3.8, 4) is 5.75 Å². The van der Waals surface area contributed by atoms with Gasteiger partial charge in [-0.25, -0.2) is 5.84 Å². The topological polar surface area (TPSA) is 135 Å². The van der Waals surface area contributed by atoms with Crippen molar-refractivity contribution < 1.29 is 27.5 Å². The van der Waals surface area contributed by atoms with Gasteiger partial charge >= 0.3 is 6.18 Å². The Bertz CT molecular complexity index is 1130. The maximum Gasteiger partial charge on any atom is 0.416 e. The normalized spacial score (nSPS) is 12.8. The Morgan fingerprint density at radius 3 is 2.43 bits per heavy atom. The van der Waals surface area contributed by atoms with Gasteiger partial charge in [-0.05, 0) is 35.7 Å². The Morgan fingerprint density at radius 1 is 1.19 bits per heavy atom. The number of ether oxygens (including phenoxy) is 1. The summed E-state index contributed by atoms with van der Waals surface area (Å²) in [5, 5.41) is 6.42. The minimum atomic E-state index is -4.57. The van der Waals surface area contributed by atoms with Crippen LogP contribution in [0.15, 0.2) is 59.4 Å². The average Bonchev–Trinajstić information content (AvgIpc) is 2.87. The highest BCUT2D eigenvalue weighted by atomic mass is 19.4. The molecule has 0 heterocycles. The number of aryl methyl sites for hydroxylation is 1. The third kappa shape index (κ3) is 8.53. The highest BCUT2D eigenvalue weighted by Crippen LogP contribution is 2.33. The Balaban J connectivity index is 1.95. The second kappa shape index (κ2) is 13.3. The van der Waals surface area contributed by atoms with Crippen molar-refractivity contribution in [2.75, 3.05) is 27.2 Å². The molecule has 0 bridgehead atoms. The lowest BCUT2D eigenvalue weighted by molar-refractivity contribution is -0.137. The van der Waals surface area contributed by atoms with Gasteiger partial charge in [-0.1, -0.05) is 31.2 Å². The number of nitrogens with one attached hydrogen (secondary N) is 2. The fraction of sp³-hybridized carbons (Fsp3) is 0.320. The van der Waals surface area contributed by atoms with Crippen LogP contribution in [0.2, 0.25) is 0 Å². The molecule has 0 aliphatic rings. The number of carbonyl (C=O) groups excluding carboxylic acids is 2. The molecular formula is C25H31F3N6O3. The zero-order valence-electron chi connectivity index (χ0n) is 20.8. The van der Waals surface area contributed by atoms with Crippen LogP contribution in [0, 0.1) is 0 Å². The maximum atomic E-state index is 12.9. The number of rotatable bonds is 11. The minimum Gasteiger partial charge on any atom is -0.496 e. The molecule has 12 heteroatoms. The molecule has 2 aromatic rings. The van der Waals surface area contributed by atoms with Crippen molar-refractivity contribution in [3.63, 3.8) is 0 Å². The Morgan fingerprint density at radius 2 is 1.86 bits per heavy atom. The quantitative estimate of drug-likeness (QED) is 0.156. The molecule has 37 heavy (non-hydrogen) atoms. The number of benzene rings is 2. The first-order valence-electron chi connectivity index (χ1n) is 11.3. The highest BCUT2D eigenvalue weighted by molar-refractivity contribution is 5.97. The van der Waals surface area contributed by atoms with Crippen molar-refractivity contribution >= 4 is 18.0 Å². The second-order valence-electron chi connectivity index (χ2n) is 7.94. The largest absolute Gasteiger partial charge is 0.496 e. The molecule has 2 amide bonds. The summed E-state index contributed by atoms with van der Waals surface area (Å²) in [5.41, 5.74) is 6.70. The molecule has 9 nitrogen and oxygen atoms in total. The van der Waals surface area contributed by atoms with Crippen LogP contribution in [0.3, 0.4) is 0 Å². The molecule has 0 saturated heterocycles. The first-order valence-corrected chi connectivity index (χ1v) is 11.3. The molecule has 0 aliphatic carbocycles. The summed E-state index contributed by atoms with van der Waals surface area (Å²) in [7, 11) is 2.76. The summed E-state index contributed by atoms with van der Waals surface area (Å²) in [4.78, 5) is 29.0. The molecule has 1 atom stereocenters. The summed E-state index contributed by atoms with van der Waals surface area (Å²) >= 11 is 0. The van der Waals surface area contributed by atoms with Crippen molar-refractivity contribution in [3.05, 3.63) is 76.6 Å². The Kier molecular flexibility index (Phi) is 10.5. The molecule has 2 aromatic carbocycles. The van der Waals surface area contributed by atoms with Crippen molar-refractivity contribution in [2.24, 2.45) is 16.6 Å². The van der Waals surface area contributed by atoms with Crippen molar-refractivity contribution in [1.29, 1.82) is 0 Å². The van der Waals surface area contributed by atoms with E-state index in [0.29, 0.717) is 0 Å². The van der Waals surface area contributed by atoms with E-state index in [1.807, 2.05) is 31.2 Å². The van der Waals surface area contributed by atoms with Gasteiger partial charge in [-0.3, -0.25) is 14.6 Å². The first kappa shape index (κ1) is 29.2. The number of nitrogens with zero attached hydrogens (tertiary/aromatic N) is 2. The second-order valence-corrected chi connectivity index (χ2v) is 7.94. The Hall–Kier alpha value is -4.06. The van der Waals surface area contributed by atoms with Crippen molar-refractivity contribution in [2.45, 2.75) is 25.6 Å². The predicted molar refractivity (Wildman–Crippen MR) is 135 cm³/mol. The number of hydrogen-bond donors (Lipinski definition) is 4. The van der Waals surface area contributed by atoms with E-state index >= 15 is 0 Å². The third-order valence-corrected chi connectivity index (χ3v) is 5.33. The van der Waals surface area contributed by atoms with E-state index in [0.717, 1.165) is 40.8 Å². The predicted octanol–water partition coefficient (Wildman–Crippen LogP) is 2.54. The smallest absolute Gasteiger partial charge is 0.416 e. The monoisotopic (exact) mass is 520 g/mol. The fourth-order valence-corrected chi connectivity index (χ4v) is 3.29. The number of carbonyl (C=O) groups is 2. The zero-order chi connectivity index (χ0) is 27.6. The SMILES string of the molecule is CCc1ccc(C(C=NC)NC(=O)/C(N)=C/N(N)CCNC(=O)c2ccc(C(F)(F)F)cc2OC)cc1. The molecule has 0 fully saturated rings. The van der Waals surface area contributed by atoms with Crippen LogP contribution in [0.4, 0.5) is 13.2 Å². The van der Waals surface area contributed by atoms with Gasteiger partial charge in [0.15, 0.2) is 0 Å². The molecule has 200 valence electrons. The van der Waals surface area contributed by atoms with Crippen LogP contribution in [0.5, 0.6) is 5.75 Å². The van der Waals surface area contributed by atoms with Gasteiger partial charge in [0.1, 0.15) is 11.4 Å². The van der Waals surface area contributed by atoms with E-state index in [9.17, 15) is 22.8 Å². The van der Waals surface area contributed by atoms with Gasteiger partial charge in [-0.15, -0.1) is 0 Å². The number of amides is 2. The lowest BCUT2D eigenvalue weighted by Crippen LogP contribution is -2.38. The molecule has 0 saturated carbocycles. The molecule has 0 spiro atoms. The van der Waals surface area contributed by atoms with E-state index < -0.39 is 29.6 Å². The fourth-order valence-electron chi connectivity index (χ4n) is 3.29. The van der Waals surface area contributed by atoms with Gasteiger partial charge in [-0.2, -0.15) is 13.2 Å². The minimum absolute atomic E-state index is 0.0137. The summed E-state index contributed by atoms with van der Waals surface area (Å²) in [6, 6.07) is 9.81. The summed E-state index contributed by atoms with van der Waals surface area (Å²) < 4.78 is 43.6. The third-order valence-electron chi connectivity index (χ3n) is 5.33. The van der Waals surface area contributed by atoms with E-state index in [1.165, 1.54) is 13.3 Å². The molecular weight excluding hydrogens is 489 g/mol. The number of aliphatic imine (C=N–C) groups is 1. The molecule has 2 rings (SSSR count). The molecule has 1 unspecified atom stereocenters. The lowest BCUT2D eigenvalue weighted by Gasteiger charge is -2.18. The molecule has 0 aromatic heterocycles. The van der Waals surface area contributed by atoms with E-state index in [2.05, 4.69) is 15.6 Å². The lowest BCUT2D eigenvalue weighted by atomic mass is 10.0. The average molecular weight is 521 g/mol. The number of hydrazine groups is 1. The van der Waals surface area contributed by atoms with E-state index in [1.54, 1.807) is 13.3 Å². The number of halogens is 3. The number of methoxy groups -OCH3 is 1. The zero-order valence-corrected chi connectivity index (χ0v) is 20.8. The van der Waals surface area contributed by atoms with Crippen molar-refractivity contribution in [1.82, 2.24) is 15.6 Å². The molecule has 0 aliphatic heterocycles. The molecule has 6 N–H and O–H groups in total. The maximum absolute atomic E-state index is 12.9. The highest BCUT2D eigenvalue weighted by Gasteiger charge is 2.31. The standard InChI is InChI=1S/C25H31F3N6O3/c1-4-16-5-7-17(8-6-16)21(14-31-2)33-24(36)20(29)15-34(30)12-11-32-23(35)19-10-9-18(25(26,27)28)13-22(19)37-3/h5-10,13-15,21H,4,11-12,29-30H2,1-3H3,(H,32,35)(H,33,36)/b20-15-,31-14?. The van der Waals surface area contributed by atoms with Crippen LogP contribution >= 0.6 is 0 Å². The van der Waals surface area contributed by atoms with Crippen LogP contribution in [0.25, 0.3) is 0 Å². The molecule has 0 radical (unpaired) electrons. The summed E-state index contributed by atoms with van der Waals surface area (Å²) in [6.07, 6.45) is -0.888. The van der Waals surface area contributed by atoms with Gasteiger partial charge in [0, 0.05) is 26.0 Å². The van der Waals surface area contributed by atoms with Gasteiger partial charge in [0.05, 0.1) is 30.8 Å². The van der Waals surface area contributed by atoms with Crippen LogP contribution in [0.1, 0.15) is 40.0 Å². The van der Waals surface area contributed by atoms with Crippen LogP contribution in [-0.2, 0) is 17.4 Å². The van der Waals surface area contributed by atoms with Gasteiger partial charge in [0.25, 0.3) is 11.8 Å². The van der Waals surface area contributed by atoms with Gasteiger partial charge in [0.2, 0.25) is 0 Å². The Labute approximate surface area is 213 Å². The number of nitrogens with two attached hydrogens (primary N) is 2.